The summed E-state index contributed by atoms with van der Waals surface area (Å²) in [5.41, 5.74) is 1.14. The number of allylic oxidation sites excluding steroid dienone is 2. The molecule has 1 aromatic heterocycles. The second-order valence-electron chi connectivity index (χ2n) is 6.55. The Morgan fingerprint density at radius 2 is 2.06 bits per heavy atom. The van der Waals surface area contributed by atoms with E-state index in [0.717, 1.165) is 26.4 Å². The summed E-state index contributed by atoms with van der Waals surface area (Å²) in [5, 5.41) is 6.20. The van der Waals surface area contributed by atoms with Crippen LogP contribution in [-0.2, 0) is 14.3 Å². The normalized spacial score (nSPS) is 17.9. The fourth-order valence-corrected chi connectivity index (χ4v) is 4.21. The second-order valence-corrected chi connectivity index (χ2v) is 7.62. The molecule has 2 aromatic rings. The summed E-state index contributed by atoms with van der Waals surface area (Å²) in [6.45, 7) is 1.88. The molecule has 1 amide bonds. The van der Waals surface area contributed by atoms with Crippen molar-refractivity contribution in [3.8, 4) is 5.75 Å². The highest BCUT2D eigenvalue weighted by Gasteiger charge is 2.36. The molecule has 31 heavy (non-hydrogen) atoms. The average Bonchev–Trinajstić information content (AvgIpc) is 3.29. The maximum Gasteiger partial charge on any atom is 0.359 e. The van der Waals surface area contributed by atoms with Gasteiger partial charge in [-0.2, -0.15) is 10.1 Å². The van der Waals surface area contributed by atoms with E-state index in [1.165, 1.54) is 0 Å². The SMILES string of the molecule is CCOC(=O)C1=NN(c2ccccn2)C(=O)/C1=C\C=C1\Sc2cc(OC)ccc2N1C. The fourth-order valence-electron chi connectivity index (χ4n) is 3.13. The molecule has 2 aliphatic rings. The number of carbonyl (C=O) groups is 2. The van der Waals surface area contributed by atoms with Crippen LogP contribution in [0.3, 0.4) is 0 Å². The quantitative estimate of drug-likeness (QED) is 0.525. The summed E-state index contributed by atoms with van der Waals surface area (Å²) in [6.07, 6.45) is 4.95. The van der Waals surface area contributed by atoms with Crippen molar-refractivity contribution in [2.45, 2.75) is 11.8 Å². The Kier molecular flexibility index (Phi) is 5.77. The van der Waals surface area contributed by atoms with Gasteiger partial charge in [0.05, 0.1) is 30.0 Å². The van der Waals surface area contributed by atoms with Crippen LogP contribution in [0.2, 0.25) is 0 Å². The first kappa shape index (κ1) is 20.7. The number of esters is 1. The average molecular weight is 436 g/mol. The third-order valence-electron chi connectivity index (χ3n) is 4.68. The standard InChI is InChI=1S/C22H20N4O4S/c1-4-30-22(28)20-15(21(27)26(24-20)18-7-5-6-12-23-18)9-11-19-25(2)16-10-8-14(29-3)13-17(16)31-19/h5-13H,4H2,1-3H3/b15-9-,19-11+. The van der Waals surface area contributed by atoms with Gasteiger partial charge < -0.3 is 14.4 Å². The number of aromatic nitrogens is 1. The van der Waals surface area contributed by atoms with Crippen molar-refractivity contribution in [1.29, 1.82) is 0 Å². The number of anilines is 2. The molecule has 0 spiro atoms. The van der Waals surface area contributed by atoms with Crippen molar-refractivity contribution in [1.82, 2.24) is 4.98 Å². The summed E-state index contributed by atoms with van der Waals surface area (Å²) in [7, 11) is 3.56. The molecular weight excluding hydrogens is 416 g/mol. The molecule has 4 rings (SSSR count). The van der Waals surface area contributed by atoms with Gasteiger partial charge in [0.2, 0.25) is 0 Å². The molecule has 158 valence electrons. The molecule has 8 nitrogen and oxygen atoms in total. The van der Waals surface area contributed by atoms with Crippen LogP contribution in [0.1, 0.15) is 6.92 Å². The first-order valence-electron chi connectivity index (χ1n) is 9.56. The highest BCUT2D eigenvalue weighted by atomic mass is 32.2. The Hall–Kier alpha value is -3.59. The molecular formula is C22H20N4O4S. The van der Waals surface area contributed by atoms with E-state index < -0.39 is 11.9 Å². The molecule has 2 aliphatic heterocycles. The zero-order valence-corrected chi connectivity index (χ0v) is 18.0. The molecule has 3 heterocycles. The Bertz CT molecular complexity index is 1130. The number of fused-ring (bicyclic) bond motifs is 1. The molecule has 9 heteroatoms. The molecule has 0 radical (unpaired) electrons. The van der Waals surface area contributed by atoms with E-state index >= 15 is 0 Å². The number of hydrogen-bond acceptors (Lipinski definition) is 8. The number of hydrazone groups is 1. The van der Waals surface area contributed by atoms with Gasteiger partial charge in [-0.15, -0.1) is 0 Å². The predicted octanol–water partition coefficient (Wildman–Crippen LogP) is 3.37. The molecule has 0 atom stereocenters. The van der Waals surface area contributed by atoms with Gasteiger partial charge >= 0.3 is 5.97 Å². The van der Waals surface area contributed by atoms with Crippen LogP contribution in [0.4, 0.5) is 11.5 Å². The molecule has 1 aromatic carbocycles. The monoisotopic (exact) mass is 436 g/mol. The van der Waals surface area contributed by atoms with Crippen LogP contribution in [0.15, 0.2) is 75.3 Å². The first-order valence-corrected chi connectivity index (χ1v) is 10.4. The maximum absolute atomic E-state index is 13.0. The zero-order valence-electron chi connectivity index (χ0n) is 17.2. The number of ether oxygens (including phenoxy) is 2. The van der Waals surface area contributed by atoms with Crippen molar-refractivity contribution in [2.24, 2.45) is 5.10 Å². The Morgan fingerprint density at radius 3 is 2.77 bits per heavy atom. The van der Waals surface area contributed by atoms with Crippen LogP contribution < -0.4 is 14.6 Å². The van der Waals surface area contributed by atoms with Crippen LogP contribution in [0, 0.1) is 0 Å². The van der Waals surface area contributed by atoms with Gasteiger partial charge in [0.15, 0.2) is 11.5 Å². The largest absolute Gasteiger partial charge is 0.497 e. The smallest absolute Gasteiger partial charge is 0.359 e. The lowest BCUT2D eigenvalue weighted by molar-refractivity contribution is -0.135. The number of pyridine rings is 1. The van der Waals surface area contributed by atoms with Crippen LogP contribution in [0.5, 0.6) is 5.75 Å². The second kappa shape index (κ2) is 8.65. The number of nitrogens with zero attached hydrogens (tertiary/aromatic N) is 4. The Labute approximate surface area is 183 Å². The highest BCUT2D eigenvalue weighted by molar-refractivity contribution is 8.03. The third kappa shape index (κ3) is 3.91. The number of rotatable bonds is 5. The van der Waals surface area contributed by atoms with Crippen molar-refractivity contribution in [3.05, 3.63) is 65.3 Å². The summed E-state index contributed by atoms with van der Waals surface area (Å²) >= 11 is 1.54. The van der Waals surface area contributed by atoms with Gasteiger partial charge in [0.1, 0.15) is 5.75 Å². The van der Waals surface area contributed by atoms with E-state index in [-0.39, 0.29) is 17.9 Å². The predicted molar refractivity (Wildman–Crippen MR) is 119 cm³/mol. The summed E-state index contributed by atoms with van der Waals surface area (Å²) < 4.78 is 10.4. The maximum atomic E-state index is 13.0. The van der Waals surface area contributed by atoms with E-state index in [1.807, 2.05) is 30.1 Å². The van der Waals surface area contributed by atoms with Gasteiger partial charge in [-0.25, -0.2) is 9.78 Å². The lowest BCUT2D eigenvalue weighted by Crippen LogP contribution is -2.23. The number of hydrogen-bond donors (Lipinski definition) is 0. The third-order valence-corrected chi connectivity index (χ3v) is 5.84. The number of thioether (sulfide) groups is 1. The minimum absolute atomic E-state index is 0.0424. The molecule has 0 bridgehead atoms. The zero-order chi connectivity index (χ0) is 22.0. The van der Waals surface area contributed by atoms with Crippen LogP contribution in [0.25, 0.3) is 0 Å². The van der Waals surface area contributed by atoms with Gasteiger partial charge in [-0.05, 0) is 49.4 Å². The van der Waals surface area contributed by atoms with Crippen molar-refractivity contribution >= 4 is 40.9 Å². The highest BCUT2D eigenvalue weighted by Crippen LogP contribution is 2.46. The van der Waals surface area contributed by atoms with Crippen LogP contribution >= 0.6 is 11.8 Å². The van der Waals surface area contributed by atoms with Gasteiger partial charge in [-0.3, -0.25) is 4.79 Å². The molecule has 0 fully saturated rings. The van der Waals surface area contributed by atoms with Gasteiger partial charge in [0.25, 0.3) is 5.91 Å². The van der Waals surface area contributed by atoms with E-state index in [1.54, 1.807) is 62.3 Å². The Morgan fingerprint density at radius 1 is 1.23 bits per heavy atom. The summed E-state index contributed by atoms with van der Waals surface area (Å²) in [5.74, 6) is 0.00740. The lowest BCUT2D eigenvalue weighted by Gasteiger charge is -2.13. The topological polar surface area (TPSA) is 84.3 Å². The minimum Gasteiger partial charge on any atom is -0.497 e. The number of carbonyl (C=O) groups excluding carboxylic acids is 2. The molecule has 0 saturated heterocycles. The minimum atomic E-state index is -0.653. The fraction of sp³-hybridized carbons (Fsp3) is 0.182. The summed E-state index contributed by atoms with van der Waals surface area (Å²) in [6, 6.07) is 11.0. The van der Waals surface area contributed by atoms with E-state index in [0.29, 0.717) is 5.82 Å². The van der Waals surface area contributed by atoms with Crippen molar-refractivity contribution < 1.29 is 19.1 Å². The first-order chi connectivity index (χ1) is 15.0. The number of methoxy groups -OCH3 is 1. The number of benzene rings is 1. The van der Waals surface area contributed by atoms with Crippen molar-refractivity contribution in [3.63, 3.8) is 0 Å². The van der Waals surface area contributed by atoms with E-state index in [4.69, 9.17) is 9.47 Å². The number of amides is 1. The van der Waals surface area contributed by atoms with E-state index in [2.05, 4.69) is 10.1 Å². The summed E-state index contributed by atoms with van der Waals surface area (Å²) in [4.78, 5) is 32.7. The molecule has 0 unspecified atom stereocenters. The van der Waals surface area contributed by atoms with Gasteiger partial charge in [0, 0.05) is 18.1 Å². The Balaban J connectivity index is 1.67. The molecule has 0 saturated carbocycles. The lowest BCUT2D eigenvalue weighted by atomic mass is 10.1. The molecule has 0 aliphatic carbocycles. The van der Waals surface area contributed by atoms with Crippen molar-refractivity contribution in [2.75, 3.05) is 30.7 Å². The van der Waals surface area contributed by atoms with Crippen LogP contribution in [-0.4, -0.2) is 43.3 Å². The van der Waals surface area contributed by atoms with E-state index in [9.17, 15) is 9.59 Å². The molecule has 0 N–H and O–H groups in total. The van der Waals surface area contributed by atoms with Gasteiger partial charge in [-0.1, -0.05) is 17.8 Å².